The molecule has 1 aliphatic rings. The summed E-state index contributed by atoms with van der Waals surface area (Å²) in [5, 5.41) is 3.09. The number of hydrogen-bond donors (Lipinski definition) is 1. The zero-order valence-electron chi connectivity index (χ0n) is 17.4. The van der Waals surface area contributed by atoms with E-state index in [9.17, 15) is 9.59 Å². The van der Waals surface area contributed by atoms with E-state index in [0.717, 1.165) is 4.90 Å². The van der Waals surface area contributed by atoms with Crippen molar-refractivity contribution in [3.63, 3.8) is 0 Å². The van der Waals surface area contributed by atoms with Gasteiger partial charge < -0.3 is 24.3 Å². The fraction of sp³-hybridized carbons (Fsp3) is 0.273. The molecule has 0 unspecified atom stereocenters. The normalized spacial score (nSPS) is 13.7. The summed E-state index contributed by atoms with van der Waals surface area (Å²) in [6.07, 6.45) is 0. The summed E-state index contributed by atoms with van der Waals surface area (Å²) in [5.74, 6) is 0.693. The Hall–Kier alpha value is -3.52. The van der Waals surface area contributed by atoms with Gasteiger partial charge in [-0.2, -0.15) is 0 Å². The summed E-state index contributed by atoms with van der Waals surface area (Å²) in [6, 6.07) is 12.2. The minimum absolute atomic E-state index is 0.143. The number of rotatable bonds is 9. The average molecular weight is 412 g/mol. The summed E-state index contributed by atoms with van der Waals surface area (Å²) >= 11 is 0. The number of nitrogens with zero attached hydrogens (tertiary/aromatic N) is 1. The van der Waals surface area contributed by atoms with Gasteiger partial charge >= 0.3 is 0 Å². The Kier molecular flexibility index (Phi) is 6.58. The molecule has 2 aromatic rings. The minimum atomic E-state index is -0.437. The molecule has 158 valence electrons. The minimum Gasteiger partial charge on any atom is -0.496 e. The first-order chi connectivity index (χ1) is 14.5. The molecular formula is C22H24N2O6. The first-order valence-electron chi connectivity index (χ1n) is 9.27. The van der Waals surface area contributed by atoms with Crippen LogP contribution < -0.4 is 19.5 Å². The number of carbonyl (C=O) groups is 2. The summed E-state index contributed by atoms with van der Waals surface area (Å²) in [7, 11) is 6.10. The molecule has 0 bridgehead atoms. The van der Waals surface area contributed by atoms with Crippen LogP contribution in [0.5, 0.6) is 17.2 Å². The molecule has 0 radical (unpaired) electrons. The van der Waals surface area contributed by atoms with Crippen molar-refractivity contribution >= 4 is 23.1 Å². The van der Waals surface area contributed by atoms with Crippen LogP contribution in [-0.4, -0.2) is 58.3 Å². The van der Waals surface area contributed by atoms with E-state index in [4.69, 9.17) is 18.9 Å². The molecule has 3 rings (SSSR count). The molecule has 1 N–H and O–H groups in total. The SMILES string of the molecule is COCCN1C(=O)C(Nc2ccc(OC)c(OC)c2)=C(c2ccccc2OC)C1=O. The molecule has 1 aliphatic heterocycles. The first kappa shape index (κ1) is 21.2. The molecule has 0 spiro atoms. The van der Waals surface area contributed by atoms with Crippen LogP contribution in [0.1, 0.15) is 5.56 Å². The van der Waals surface area contributed by atoms with Crippen LogP contribution in [0.3, 0.4) is 0 Å². The number of amides is 2. The van der Waals surface area contributed by atoms with Crippen LogP contribution in [0.2, 0.25) is 0 Å². The van der Waals surface area contributed by atoms with Gasteiger partial charge in [0.15, 0.2) is 11.5 Å². The van der Waals surface area contributed by atoms with Crippen molar-refractivity contribution in [1.82, 2.24) is 4.90 Å². The zero-order valence-corrected chi connectivity index (χ0v) is 17.4. The van der Waals surface area contributed by atoms with E-state index in [-0.39, 0.29) is 24.4 Å². The van der Waals surface area contributed by atoms with E-state index in [0.29, 0.717) is 28.5 Å². The highest BCUT2D eigenvalue weighted by Crippen LogP contribution is 2.36. The topological polar surface area (TPSA) is 86.3 Å². The molecule has 30 heavy (non-hydrogen) atoms. The zero-order chi connectivity index (χ0) is 21.7. The summed E-state index contributed by atoms with van der Waals surface area (Å²) in [5.41, 5.74) is 1.50. The molecule has 0 atom stereocenters. The number of hydrogen-bond acceptors (Lipinski definition) is 7. The smallest absolute Gasteiger partial charge is 0.278 e. The lowest BCUT2D eigenvalue weighted by atomic mass is 10.0. The van der Waals surface area contributed by atoms with Gasteiger partial charge in [0, 0.05) is 24.4 Å². The first-order valence-corrected chi connectivity index (χ1v) is 9.27. The maximum absolute atomic E-state index is 13.2. The van der Waals surface area contributed by atoms with Crippen molar-refractivity contribution in [2.24, 2.45) is 0 Å². The van der Waals surface area contributed by atoms with Crippen molar-refractivity contribution in [2.45, 2.75) is 0 Å². The van der Waals surface area contributed by atoms with Crippen molar-refractivity contribution in [3.05, 3.63) is 53.7 Å². The van der Waals surface area contributed by atoms with Gasteiger partial charge in [-0.25, -0.2) is 0 Å². The molecule has 8 nitrogen and oxygen atoms in total. The van der Waals surface area contributed by atoms with E-state index >= 15 is 0 Å². The molecule has 0 saturated carbocycles. The van der Waals surface area contributed by atoms with Gasteiger partial charge in [-0.05, 0) is 18.2 Å². The highest BCUT2D eigenvalue weighted by Gasteiger charge is 2.40. The van der Waals surface area contributed by atoms with Crippen LogP contribution in [0.15, 0.2) is 48.2 Å². The van der Waals surface area contributed by atoms with Gasteiger partial charge in [-0.15, -0.1) is 0 Å². The van der Waals surface area contributed by atoms with Crippen LogP contribution in [-0.2, 0) is 14.3 Å². The lowest BCUT2D eigenvalue weighted by molar-refractivity contribution is -0.137. The van der Waals surface area contributed by atoms with Crippen LogP contribution in [0, 0.1) is 0 Å². The largest absolute Gasteiger partial charge is 0.496 e. The molecule has 0 aliphatic carbocycles. The number of benzene rings is 2. The second-order valence-electron chi connectivity index (χ2n) is 6.40. The number of imide groups is 1. The second kappa shape index (κ2) is 9.32. The number of methoxy groups -OCH3 is 4. The van der Waals surface area contributed by atoms with E-state index in [2.05, 4.69) is 5.32 Å². The number of ether oxygens (including phenoxy) is 4. The number of carbonyl (C=O) groups excluding carboxylic acids is 2. The third kappa shape index (κ3) is 3.95. The Labute approximate surface area is 175 Å². The maximum Gasteiger partial charge on any atom is 0.278 e. The van der Waals surface area contributed by atoms with Gasteiger partial charge in [0.05, 0.1) is 40.1 Å². The molecule has 0 saturated heterocycles. The van der Waals surface area contributed by atoms with Crippen LogP contribution in [0.25, 0.3) is 5.57 Å². The molecule has 2 aromatic carbocycles. The summed E-state index contributed by atoms with van der Waals surface area (Å²) in [4.78, 5) is 27.4. The Morgan fingerprint density at radius 2 is 1.53 bits per heavy atom. The summed E-state index contributed by atoms with van der Waals surface area (Å²) < 4.78 is 21.1. The highest BCUT2D eigenvalue weighted by atomic mass is 16.5. The molecule has 1 heterocycles. The van der Waals surface area contributed by atoms with Crippen molar-refractivity contribution in [1.29, 1.82) is 0 Å². The Morgan fingerprint density at radius 1 is 0.833 bits per heavy atom. The van der Waals surface area contributed by atoms with Gasteiger partial charge in [0.25, 0.3) is 11.8 Å². The Balaban J connectivity index is 2.09. The Bertz CT molecular complexity index is 985. The molecule has 2 amide bonds. The quantitative estimate of drug-likeness (QED) is 0.634. The van der Waals surface area contributed by atoms with Crippen molar-refractivity contribution in [3.8, 4) is 17.2 Å². The van der Waals surface area contributed by atoms with Gasteiger partial charge in [-0.3, -0.25) is 14.5 Å². The maximum atomic E-state index is 13.2. The standard InChI is InChI=1S/C22H24N2O6/c1-27-12-11-24-21(25)19(15-7-5-6-8-16(15)28-2)20(22(24)26)23-14-9-10-17(29-3)18(13-14)30-4/h5-10,13,23H,11-12H2,1-4H3. The van der Waals surface area contributed by atoms with Crippen molar-refractivity contribution in [2.75, 3.05) is 46.9 Å². The highest BCUT2D eigenvalue weighted by molar-refractivity contribution is 6.37. The van der Waals surface area contributed by atoms with E-state index in [1.807, 2.05) is 0 Å². The van der Waals surface area contributed by atoms with Gasteiger partial charge in [0.2, 0.25) is 0 Å². The second-order valence-corrected chi connectivity index (χ2v) is 6.40. The third-order valence-electron chi connectivity index (χ3n) is 4.72. The fourth-order valence-corrected chi connectivity index (χ4v) is 3.24. The number of nitrogens with one attached hydrogen (secondary N) is 1. The monoisotopic (exact) mass is 412 g/mol. The Morgan fingerprint density at radius 3 is 2.20 bits per heavy atom. The number of anilines is 1. The van der Waals surface area contributed by atoms with E-state index in [1.165, 1.54) is 21.3 Å². The van der Waals surface area contributed by atoms with E-state index in [1.54, 1.807) is 49.6 Å². The molecule has 0 fully saturated rings. The summed E-state index contributed by atoms with van der Waals surface area (Å²) in [6.45, 7) is 0.379. The molecule has 0 aromatic heterocycles. The number of para-hydroxylation sites is 1. The fourth-order valence-electron chi connectivity index (χ4n) is 3.24. The lowest BCUT2D eigenvalue weighted by Gasteiger charge is -2.15. The lowest BCUT2D eigenvalue weighted by Crippen LogP contribution is -2.35. The molecule has 8 heteroatoms. The average Bonchev–Trinajstić information content (AvgIpc) is 3.00. The predicted octanol–water partition coefficient (Wildman–Crippen LogP) is 2.55. The van der Waals surface area contributed by atoms with E-state index < -0.39 is 11.8 Å². The van der Waals surface area contributed by atoms with Crippen LogP contribution in [0.4, 0.5) is 5.69 Å². The molecular weight excluding hydrogens is 388 g/mol. The van der Waals surface area contributed by atoms with Crippen LogP contribution >= 0.6 is 0 Å². The van der Waals surface area contributed by atoms with Gasteiger partial charge in [-0.1, -0.05) is 18.2 Å². The predicted molar refractivity (Wildman–Crippen MR) is 112 cm³/mol. The van der Waals surface area contributed by atoms with Gasteiger partial charge in [0.1, 0.15) is 11.4 Å². The van der Waals surface area contributed by atoms with Crippen molar-refractivity contribution < 1.29 is 28.5 Å². The third-order valence-corrected chi connectivity index (χ3v) is 4.72.